The summed E-state index contributed by atoms with van der Waals surface area (Å²) >= 11 is 11.3. The Hall–Kier alpha value is -0.710. The second-order valence-electron chi connectivity index (χ2n) is 3.33. The fraction of sp³-hybridized carbons (Fsp3) is 0.385. The number of alkyl halides is 3. The predicted octanol–water partition coefficient (Wildman–Crippen LogP) is 5.27. The van der Waals surface area contributed by atoms with Crippen molar-refractivity contribution in [2.24, 2.45) is 0 Å². The normalized spacial score (nSPS) is 11.9. The molecule has 0 fully saturated rings. The minimum absolute atomic E-state index is 0.0558. The van der Waals surface area contributed by atoms with Gasteiger partial charge in [-0.05, 0) is 30.2 Å². The third-order valence-electron chi connectivity index (χ3n) is 2.23. The molecule has 1 N–H and O–H groups in total. The van der Waals surface area contributed by atoms with Gasteiger partial charge in [-0.15, -0.1) is 0 Å². The first-order chi connectivity index (χ1) is 8.79. The van der Waals surface area contributed by atoms with Gasteiger partial charge in [-0.1, -0.05) is 43.1 Å². The van der Waals surface area contributed by atoms with Crippen LogP contribution in [-0.2, 0) is 6.18 Å². The molecule has 1 aromatic carbocycles. The van der Waals surface area contributed by atoms with Gasteiger partial charge in [0.05, 0.1) is 17.2 Å². The molecule has 0 saturated carbocycles. The summed E-state index contributed by atoms with van der Waals surface area (Å²) < 4.78 is 38.2. The topological polar surface area (TPSA) is 20.2 Å². The summed E-state index contributed by atoms with van der Waals surface area (Å²) in [4.78, 5) is 0. The van der Waals surface area contributed by atoms with Crippen molar-refractivity contribution in [3.63, 3.8) is 0 Å². The molecule has 1 aromatic rings. The van der Waals surface area contributed by atoms with E-state index in [1.807, 2.05) is 13.8 Å². The molecule has 0 saturated heterocycles. The Bertz CT molecular complexity index is 454. The van der Waals surface area contributed by atoms with Crippen LogP contribution in [0.2, 0.25) is 5.02 Å². The van der Waals surface area contributed by atoms with E-state index in [1.165, 1.54) is 19.1 Å². The fourth-order valence-corrected chi connectivity index (χ4v) is 2.06. The van der Waals surface area contributed by atoms with Crippen LogP contribution in [0.25, 0.3) is 5.03 Å². The molecule has 6 heteroatoms. The van der Waals surface area contributed by atoms with Gasteiger partial charge in [0.1, 0.15) is 0 Å². The van der Waals surface area contributed by atoms with Crippen molar-refractivity contribution in [2.75, 3.05) is 6.61 Å². The van der Waals surface area contributed by atoms with E-state index in [4.69, 9.17) is 28.3 Å². The SMILES string of the molecule is CC.Cc1c(/C(Cl)=C\CO)ccc(Cl)c1C(F)(F)F. The lowest BCUT2D eigenvalue weighted by molar-refractivity contribution is -0.137. The lowest BCUT2D eigenvalue weighted by atomic mass is 10.0. The van der Waals surface area contributed by atoms with E-state index >= 15 is 0 Å². The first-order valence-corrected chi connectivity index (χ1v) is 6.37. The maximum Gasteiger partial charge on any atom is 0.418 e. The van der Waals surface area contributed by atoms with Crippen LogP contribution >= 0.6 is 23.2 Å². The fourth-order valence-electron chi connectivity index (χ4n) is 1.48. The van der Waals surface area contributed by atoms with E-state index in [2.05, 4.69) is 0 Å². The van der Waals surface area contributed by atoms with Crippen molar-refractivity contribution in [3.8, 4) is 0 Å². The molecule has 0 heterocycles. The summed E-state index contributed by atoms with van der Waals surface area (Å²) in [5.74, 6) is 0. The van der Waals surface area contributed by atoms with Crippen molar-refractivity contribution in [2.45, 2.75) is 26.9 Å². The van der Waals surface area contributed by atoms with E-state index in [1.54, 1.807) is 0 Å². The van der Waals surface area contributed by atoms with Crippen LogP contribution in [0.3, 0.4) is 0 Å². The van der Waals surface area contributed by atoms with Gasteiger partial charge in [0.2, 0.25) is 0 Å². The van der Waals surface area contributed by atoms with Crippen molar-refractivity contribution >= 4 is 28.2 Å². The van der Waals surface area contributed by atoms with E-state index < -0.39 is 11.7 Å². The first kappa shape index (κ1) is 18.3. The van der Waals surface area contributed by atoms with Crippen molar-refractivity contribution in [1.29, 1.82) is 0 Å². The Morgan fingerprint density at radius 2 is 1.84 bits per heavy atom. The predicted molar refractivity (Wildman–Crippen MR) is 73.5 cm³/mol. The molecule has 0 bridgehead atoms. The third-order valence-corrected chi connectivity index (χ3v) is 2.90. The molecule has 0 aliphatic carbocycles. The highest BCUT2D eigenvalue weighted by Gasteiger charge is 2.35. The zero-order valence-electron chi connectivity index (χ0n) is 10.8. The molecule has 0 amide bonds. The number of rotatable bonds is 2. The number of halogens is 5. The minimum atomic E-state index is -4.53. The maximum absolute atomic E-state index is 12.7. The number of benzene rings is 1. The average Bonchev–Trinajstić information content (AvgIpc) is 2.30. The summed E-state index contributed by atoms with van der Waals surface area (Å²) in [6.45, 7) is 4.94. The molecular formula is C13H15Cl2F3O. The Morgan fingerprint density at radius 1 is 1.32 bits per heavy atom. The van der Waals surface area contributed by atoms with Crippen LogP contribution < -0.4 is 0 Å². The van der Waals surface area contributed by atoms with E-state index in [0.717, 1.165) is 6.07 Å². The Labute approximate surface area is 120 Å². The van der Waals surface area contributed by atoms with Crippen LogP contribution in [0.5, 0.6) is 0 Å². The van der Waals surface area contributed by atoms with E-state index in [0.29, 0.717) is 0 Å². The minimum Gasteiger partial charge on any atom is -0.392 e. The maximum atomic E-state index is 12.7. The molecular weight excluding hydrogens is 300 g/mol. The number of aliphatic hydroxyl groups is 1. The summed E-state index contributed by atoms with van der Waals surface area (Å²) in [5.41, 5.74) is -0.752. The van der Waals surface area contributed by atoms with Crippen LogP contribution in [-0.4, -0.2) is 11.7 Å². The molecule has 0 atom stereocenters. The molecule has 0 spiro atoms. The van der Waals surface area contributed by atoms with Crippen LogP contribution in [0, 0.1) is 6.92 Å². The summed E-state index contributed by atoms with van der Waals surface area (Å²) in [5, 5.41) is 8.36. The van der Waals surface area contributed by atoms with Crippen LogP contribution in [0.1, 0.15) is 30.5 Å². The van der Waals surface area contributed by atoms with E-state index in [-0.39, 0.29) is 27.8 Å². The zero-order chi connectivity index (χ0) is 15.2. The molecule has 0 radical (unpaired) electrons. The molecule has 108 valence electrons. The standard InChI is InChI=1S/C11H9Cl2F3O.C2H6/c1-6-7(8(12)4-5-17)2-3-9(13)10(6)11(14,15)16;1-2/h2-4,17H,5H2,1H3;1-2H3/b8-4+;. The average molecular weight is 315 g/mol. The van der Waals surface area contributed by atoms with Gasteiger partial charge in [0.15, 0.2) is 0 Å². The first-order valence-electron chi connectivity index (χ1n) is 5.62. The number of hydrogen-bond donors (Lipinski definition) is 1. The lowest BCUT2D eigenvalue weighted by Crippen LogP contribution is -2.09. The highest BCUT2D eigenvalue weighted by Crippen LogP contribution is 2.40. The van der Waals surface area contributed by atoms with Crippen LogP contribution in [0.4, 0.5) is 13.2 Å². The second-order valence-corrected chi connectivity index (χ2v) is 4.14. The molecule has 0 unspecified atom stereocenters. The van der Waals surface area contributed by atoms with E-state index in [9.17, 15) is 13.2 Å². The molecule has 1 nitrogen and oxygen atoms in total. The molecule has 1 rings (SSSR count). The monoisotopic (exact) mass is 314 g/mol. The Balaban J connectivity index is 0.00000154. The van der Waals surface area contributed by atoms with Gasteiger partial charge in [-0.25, -0.2) is 0 Å². The van der Waals surface area contributed by atoms with Gasteiger partial charge in [-0.2, -0.15) is 13.2 Å². The molecule has 0 aromatic heterocycles. The van der Waals surface area contributed by atoms with Gasteiger partial charge in [0, 0.05) is 5.03 Å². The zero-order valence-corrected chi connectivity index (χ0v) is 12.3. The van der Waals surface area contributed by atoms with Gasteiger partial charge in [0.25, 0.3) is 0 Å². The third kappa shape index (κ3) is 4.71. The van der Waals surface area contributed by atoms with Gasteiger partial charge < -0.3 is 5.11 Å². The van der Waals surface area contributed by atoms with Gasteiger partial charge >= 0.3 is 6.18 Å². The molecule has 0 aliphatic heterocycles. The molecule has 19 heavy (non-hydrogen) atoms. The van der Waals surface area contributed by atoms with Crippen molar-refractivity contribution in [3.05, 3.63) is 39.9 Å². The Morgan fingerprint density at radius 3 is 2.26 bits per heavy atom. The van der Waals surface area contributed by atoms with Gasteiger partial charge in [-0.3, -0.25) is 0 Å². The summed E-state index contributed by atoms with van der Waals surface area (Å²) in [6, 6.07) is 2.53. The molecule has 0 aliphatic rings. The quantitative estimate of drug-likeness (QED) is 0.788. The summed E-state index contributed by atoms with van der Waals surface area (Å²) in [7, 11) is 0. The lowest BCUT2D eigenvalue weighted by Gasteiger charge is -2.15. The number of hydrogen-bond acceptors (Lipinski definition) is 1. The van der Waals surface area contributed by atoms with Crippen LogP contribution in [0.15, 0.2) is 18.2 Å². The smallest absolute Gasteiger partial charge is 0.392 e. The largest absolute Gasteiger partial charge is 0.418 e. The highest BCUT2D eigenvalue weighted by molar-refractivity contribution is 6.49. The number of aliphatic hydroxyl groups excluding tert-OH is 1. The van der Waals surface area contributed by atoms with Crippen molar-refractivity contribution < 1.29 is 18.3 Å². The Kier molecular flexibility index (Phi) is 7.49. The highest BCUT2D eigenvalue weighted by atomic mass is 35.5. The summed E-state index contributed by atoms with van der Waals surface area (Å²) in [6.07, 6.45) is -3.31. The van der Waals surface area contributed by atoms with Crippen molar-refractivity contribution in [1.82, 2.24) is 0 Å². The second kappa shape index (κ2) is 7.78.